The van der Waals surface area contributed by atoms with E-state index in [1.54, 1.807) is 7.05 Å². The van der Waals surface area contributed by atoms with Crippen LogP contribution in [-0.2, 0) is 10.2 Å². The van der Waals surface area contributed by atoms with Crippen LogP contribution in [0.15, 0.2) is 0 Å². The van der Waals surface area contributed by atoms with Crippen LogP contribution in [0.1, 0.15) is 26.2 Å². The molecule has 15 heavy (non-hydrogen) atoms. The van der Waals surface area contributed by atoms with Crippen LogP contribution in [0.3, 0.4) is 0 Å². The standard InChI is InChI=1S/C9H21N3O2S/c1-3-4-11-15(13,14)12(2)7-8-5-9(10)6-8/h8-9,11H,3-7,10H2,1-2H3. The van der Waals surface area contributed by atoms with Gasteiger partial charge in [0.2, 0.25) is 0 Å². The first-order valence-corrected chi connectivity index (χ1v) is 6.86. The largest absolute Gasteiger partial charge is 0.328 e. The fourth-order valence-electron chi connectivity index (χ4n) is 1.74. The first-order valence-electron chi connectivity index (χ1n) is 5.42. The molecular formula is C9H21N3O2S. The van der Waals surface area contributed by atoms with E-state index in [9.17, 15) is 8.42 Å². The predicted molar refractivity (Wildman–Crippen MR) is 60.5 cm³/mol. The minimum atomic E-state index is -3.27. The third-order valence-electron chi connectivity index (χ3n) is 2.73. The van der Waals surface area contributed by atoms with E-state index >= 15 is 0 Å². The number of nitrogens with zero attached hydrogens (tertiary/aromatic N) is 1. The maximum absolute atomic E-state index is 11.6. The van der Waals surface area contributed by atoms with Crippen LogP contribution in [0.5, 0.6) is 0 Å². The molecule has 1 saturated carbocycles. The molecule has 6 heteroatoms. The third kappa shape index (κ3) is 3.71. The average molecular weight is 235 g/mol. The van der Waals surface area contributed by atoms with Gasteiger partial charge in [0.05, 0.1) is 0 Å². The van der Waals surface area contributed by atoms with E-state index in [-0.39, 0.29) is 6.04 Å². The molecule has 1 fully saturated rings. The van der Waals surface area contributed by atoms with Crippen LogP contribution in [0.4, 0.5) is 0 Å². The number of hydrogen-bond donors (Lipinski definition) is 2. The van der Waals surface area contributed by atoms with Gasteiger partial charge < -0.3 is 5.73 Å². The molecule has 1 aliphatic rings. The Morgan fingerprint density at radius 3 is 2.53 bits per heavy atom. The SMILES string of the molecule is CCCNS(=O)(=O)N(C)CC1CC(N)C1. The summed E-state index contributed by atoms with van der Waals surface area (Å²) in [6.07, 6.45) is 2.68. The molecule has 5 nitrogen and oxygen atoms in total. The Hall–Kier alpha value is -0.170. The average Bonchev–Trinajstić information content (AvgIpc) is 2.12. The molecule has 1 aliphatic carbocycles. The fourth-order valence-corrected chi connectivity index (χ4v) is 2.83. The van der Waals surface area contributed by atoms with Crippen LogP contribution >= 0.6 is 0 Å². The van der Waals surface area contributed by atoms with Crippen molar-refractivity contribution in [2.75, 3.05) is 20.1 Å². The molecule has 0 aromatic heterocycles. The Kier molecular flexibility index (Phi) is 4.51. The molecule has 0 heterocycles. The van der Waals surface area contributed by atoms with Crippen LogP contribution < -0.4 is 10.5 Å². The topological polar surface area (TPSA) is 75.4 Å². The van der Waals surface area contributed by atoms with E-state index in [0.29, 0.717) is 19.0 Å². The lowest BCUT2D eigenvalue weighted by atomic mass is 9.81. The lowest BCUT2D eigenvalue weighted by Crippen LogP contribution is -2.46. The Balaban J connectivity index is 2.35. The van der Waals surface area contributed by atoms with Gasteiger partial charge in [-0.1, -0.05) is 6.92 Å². The molecule has 90 valence electrons. The molecule has 0 aliphatic heterocycles. The van der Waals surface area contributed by atoms with Crippen LogP contribution in [0, 0.1) is 5.92 Å². The van der Waals surface area contributed by atoms with Crippen molar-refractivity contribution in [3.63, 3.8) is 0 Å². The highest BCUT2D eigenvalue weighted by Crippen LogP contribution is 2.26. The minimum absolute atomic E-state index is 0.273. The normalized spacial score (nSPS) is 26.7. The van der Waals surface area contributed by atoms with Gasteiger partial charge in [0.1, 0.15) is 0 Å². The van der Waals surface area contributed by atoms with Gasteiger partial charge in [-0.15, -0.1) is 0 Å². The molecule has 0 amide bonds. The van der Waals surface area contributed by atoms with E-state index in [4.69, 9.17) is 5.73 Å². The molecule has 0 aromatic rings. The predicted octanol–water partition coefficient (Wildman–Crippen LogP) is -0.100. The molecule has 1 rings (SSSR count). The van der Waals surface area contributed by atoms with E-state index < -0.39 is 10.2 Å². The summed E-state index contributed by atoms with van der Waals surface area (Å²) in [5.41, 5.74) is 5.65. The van der Waals surface area contributed by atoms with Crippen molar-refractivity contribution in [1.82, 2.24) is 9.03 Å². The lowest BCUT2D eigenvalue weighted by molar-refractivity contribution is 0.226. The Morgan fingerprint density at radius 1 is 1.47 bits per heavy atom. The van der Waals surface area contributed by atoms with Crippen molar-refractivity contribution in [2.45, 2.75) is 32.2 Å². The summed E-state index contributed by atoms with van der Waals surface area (Å²) in [7, 11) is -1.66. The van der Waals surface area contributed by atoms with Crippen molar-refractivity contribution >= 4 is 10.2 Å². The summed E-state index contributed by atoms with van der Waals surface area (Å²) in [5.74, 6) is 0.434. The van der Waals surface area contributed by atoms with Crippen LogP contribution in [-0.4, -0.2) is 38.9 Å². The monoisotopic (exact) mass is 235 g/mol. The number of rotatable bonds is 6. The maximum Gasteiger partial charge on any atom is 0.279 e. The van der Waals surface area contributed by atoms with Crippen LogP contribution in [0.2, 0.25) is 0 Å². The zero-order chi connectivity index (χ0) is 11.5. The van der Waals surface area contributed by atoms with Crippen molar-refractivity contribution in [3.05, 3.63) is 0 Å². The molecule has 0 unspecified atom stereocenters. The zero-order valence-corrected chi connectivity index (χ0v) is 10.3. The summed E-state index contributed by atoms with van der Waals surface area (Å²) in [4.78, 5) is 0. The van der Waals surface area contributed by atoms with E-state index in [1.807, 2.05) is 6.92 Å². The Bertz CT molecular complexity index is 286. The van der Waals surface area contributed by atoms with Crippen molar-refractivity contribution < 1.29 is 8.42 Å². The second kappa shape index (κ2) is 5.25. The Morgan fingerprint density at radius 2 is 2.07 bits per heavy atom. The number of hydrogen-bond acceptors (Lipinski definition) is 3. The van der Waals surface area contributed by atoms with E-state index in [0.717, 1.165) is 19.3 Å². The van der Waals surface area contributed by atoms with E-state index in [1.165, 1.54) is 4.31 Å². The second-order valence-electron chi connectivity index (χ2n) is 4.28. The third-order valence-corrected chi connectivity index (χ3v) is 4.27. The van der Waals surface area contributed by atoms with Gasteiger partial charge in [0.25, 0.3) is 10.2 Å². The smallest absolute Gasteiger partial charge is 0.279 e. The van der Waals surface area contributed by atoms with Crippen LogP contribution in [0.25, 0.3) is 0 Å². The summed E-state index contributed by atoms with van der Waals surface area (Å²) in [6.45, 7) is 3.01. The highest BCUT2D eigenvalue weighted by molar-refractivity contribution is 7.87. The van der Waals surface area contributed by atoms with Gasteiger partial charge in [-0.25, -0.2) is 4.72 Å². The highest BCUT2D eigenvalue weighted by Gasteiger charge is 2.29. The Labute approximate surface area is 92.2 Å². The number of nitrogens with one attached hydrogen (secondary N) is 1. The summed E-state index contributed by atoms with van der Waals surface area (Å²) in [5, 5.41) is 0. The second-order valence-corrected chi connectivity index (χ2v) is 6.14. The molecule has 0 radical (unpaired) electrons. The fraction of sp³-hybridized carbons (Fsp3) is 1.00. The van der Waals surface area contributed by atoms with Crippen molar-refractivity contribution in [2.24, 2.45) is 11.7 Å². The maximum atomic E-state index is 11.6. The highest BCUT2D eigenvalue weighted by atomic mass is 32.2. The zero-order valence-electron chi connectivity index (χ0n) is 9.44. The quantitative estimate of drug-likeness (QED) is 0.675. The van der Waals surface area contributed by atoms with Crippen molar-refractivity contribution in [3.8, 4) is 0 Å². The molecular weight excluding hydrogens is 214 g/mol. The minimum Gasteiger partial charge on any atom is -0.328 e. The first kappa shape index (κ1) is 12.9. The van der Waals surface area contributed by atoms with Gasteiger partial charge in [-0.3, -0.25) is 0 Å². The van der Waals surface area contributed by atoms with E-state index in [2.05, 4.69) is 4.72 Å². The van der Waals surface area contributed by atoms with Gasteiger partial charge in [-0.2, -0.15) is 12.7 Å². The lowest BCUT2D eigenvalue weighted by Gasteiger charge is -2.34. The van der Waals surface area contributed by atoms with Gasteiger partial charge in [0, 0.05) is 26.2 Å². The summed E-state index contributed by atoms with van der Waals surface area (Å²) in [6, 6.07) is 0.273. The number of nitrogens with two attached hydrogens (primary N) is 1. The summed E-state index contributed by atoms with van der Waals surface area (Å²) < 4.78 is 27.2. The molecule has 0 atom stereocenters. The van der Waals surface area contributed by atoms with Gasteiger partial charge in [-0.05, 0) is 25.2 Å². The van der Waals surface area contributed by atoms with Gasteiger partial charge >= 0.3 is 0 Å². The first-order chi connectivity index (χ1) is 6.95. The molecule has 0 spiro atoms. The van der Waals surface area contributed by atoms with Gasteiger partial charge in [0.15, 0.2) is 0 Å². The molecule has 0 bridgehead atoms. The summed E-state index contributed by atoms with van der Waals surface area (Å²) >= 11 is 0. The van der Waals surface area contributed by atoms with Crippen molar-refractivity contribution in [1.29, 1.82) is 0 Å². The molecule has 3 N–H and O–H groups in total. The molecule has 0 aromatic carbocycles. The molecule has 0 saturated heterocycles.